The van der Waals surface area contributed by atoms with E-state index in [-0.39, 0.29) is 11.7 Å². The molecule has 2 aromatic rings. The molecule has 5 heteroatoms. The molecule has 104 valence electrons. The van der Waals surface area contributed by atoms with Gasteiger partial charge in [-0.15, -0.1) is 0 Å². The minimum atomic E-state index is -0.245. The van der Waals surface area contributed by atoms with Crippen LogP contribution in [0.5, 0.6) is 0 Å². The number of rotatable bonds is 4. The first-order valence-electron chi connectivity index (χ1n) is 6.13. The zero-order chi connectivity index (χ0) is 14.5. The van der Waals surface area contributed by atoms with E-state index >= 15 is 0 Å². The molecule has 4 nitrogen and oxygen atoms in total. The zero-order valence-corrected chi connectivity index (χ0v) is 11.1. The third-order valence-electron chi connectivity index (χ3n) is 3.04. The number of anilines is 1. The summed E-state index contributed by atoms with van der Waals surface area (Å²) in [7, 11) is 1.94. The molecule has 0 unspecified atom stereocenters. The molecule has 3 N–H and O–H groups in total. The number of nitrogens with two attached hydrogens (primary N) is 1. The summed E-state index contributed by atoms with van der Waals surface area (Å²) in [6.07, 6.45) is 0. The van der Waals surface area contributed by atoms with Crippen LogP contribution in [0, 0.1) is 5.82 Å². The molecule has 0 atom stereocenters. The topological polar surface area (TPSA) is 61.8 Å². The minimum Gasteiger partial charge on any atom is -0.409 e. The average molecular weight is 273 g/mol. The summed E-state index contributed by atoms with van der Waals surface area (Å²) in [5.74, 6) is -0.159. The van der Waals surface area contributed by atoms with Gasteiger partial charge >= 0.3 is 0 Å². The molecule has 0 heterocycles. The first-order chi connectivity index (χ1) is 9.60. The average Bonchev–Trinajstić information content (AvgIpc) is 2.48. The Morgan fingerprint density at radius 1 is 1.15 bits per heavy atom. The SMILES string of the molecule is CN(Cc1ccc(C(N)=NO)cc1)c1ccc(F)cc1. The van der Waals surface area contributed by atoms with Crippen molar-refractivity contribution in [3.05, 3.63) is 65.5 Å². The molecule has 20 heavy (non-hydrogen) atoms. The fourth-order valence-corrected chi connectivity index (χ4v) is 1.90. The van der Waals surface area contributed by atoms with Gasteiger partial charge in [0, 0.05) is 24.8 Å². The molecule has 2 rings (SSSR count). The van der Waals surface area contributed by atoms with Gasteiger partial charge < -0.3 is 15.8 Å². The van der Waals surface area contributed by atoms with Crippen LogP contribution in [0.3, 0.4) is 0 Å². The largest absolute Gasteiger partial charge is 0.409 e. The Bertz CT molecular complexity index is 594. The van der Waals surface area contributed by atoms with E-state index in [1.807, 2.05) is 24.1 Å². The fourth-order valence-electron chi connectivity index (χ4n) is 1.90. The minimum absolute atomic E-state index is 0.0865. The number of hydrogen-bond donors (Lipinski definition) is 2. The van der Waals surface area contributed by atoms with Crippen molar-refractivity contribution < 1.29 is 9.60 Å². The smallest absolute Gasteiger partial charge is 0.170 e. The van der Waals surface area contributed by atoms with E-state index in [1.165, 1.54) is 12.1 Å². The Hall–Kier alpha value is -2.56. The lowest BCUT2D eigenvalue weighted by molar-refractivity contribution is 0.318. The summed E-state index contributed by atoms with van der Waals surface area (Å²) in [5.41, 5.74) is 8.18. The molecule has 0 aliphatic heterocycles. The van der Waals surface area contributed by atoms with Crippen molar-refractivity contribution in [2.75, 3.05) is 11.9 Å². The normalized spacial score (nSPS) is 11.4. The summed E-state index contributed by atoms with van der Waals surface area (Å²) in [4.78, 5) is 2.01. The van der Waals surface area contributed by atoms with Crippen LogP contribution in [-0.2, 0) is 6.54 Å². The van der Waals surface area contributed by atoms with Crippen molar-refractivity contribution in [3.8, 4) is 0 Å². The van der Waals surface area contributed by atoms with Gasteiger partial charge in [-0.2, -0.15) is 0 Å². The Labute approximate surface area is 116 Å². The van der Waals surface area contributed by atoms with E-state index < -0.39 is 0 Å². The van der Waals surface area contributed by atoms with Gasteiger partial charge in [-0.25, -0.2) is 4.39 Å². The van der Waals surface area contributed by atoms with E-state index in [4.69, 9.17) is 10.9 Å². The van der Waals surface area contributed by atoms with Gasteiger partial charge in [0.05, 0.1) is 0 Å². The molecule has 2 aromatic carbocycles. The summed E-state index contributed by atoms with van der Waals surface area (Å²) >= 11 is 0. The highest BCUT2D eigenvalue weighted by Crippen LogP contribution is 2.16. The van der Waals surface area contributed by atoms with Gasteiger partial charge in [0.2, 0.25) is 0 Å². The Morgan fingerprint density at radius 2 is 1.75 bits per heavy atom. The first kappa shape index (κ1) is 13.9. The summed E-state index contributed by atoms with van der Waals surface area (Å²) in [6.45, 7) is 0.683. The quantitative estimate of drug-likeness (QED) is 0.389. The molecule has 0 aromatic heterocycles. The molecule has 0 radical (unpaired) electrons. The predicted octanol–water partition coefficient (Wildman–Crippen LogP) is 2.56. The number of oxime groups is 1. The molecule has 0 saturated carbocycles. The molecule has 0 bridgehead atoms. The second-order valence-electron chi connectivity index (χ2n) is 4.51. The zero-order valence-electron chi connectivity index (χ0n) is 11.1. The number of hydrogen-bond acceptors (Lipinski definition) is 3. The Morgan fingerprint density at radius 3 is 2.30 bits per heavy atom. The third kappa shape index (κ3) is 3.26. The van der Waals surface area contributed by atoms with Crippen molar-refractivity contribution in [3.63, 3.8) is 0 Å². The maximum absolute atomic E-state index is 12.9. The van der Waals surface area contributed by atoms with E-state index in [2.05, 4.69) is 5.16 Å². The van der Waals surface area contributed by atoms with Gasteiger partial charge in [-0.1, -0.05) is 29.4 Å². The van der Waals surface area contributed by atoms with Crippen LogP contribution in [0.2, 0.25) is 0 Å². The van der Waals surface area contributed by atoms with Crippen molar-refractivity contribution in [1.82, 2.24) is 0 Å². The van der Waals surface area contributed by atoms with Crippen LogP contribution in [0.25, 0.3) is 0 Å². The van der Waals surface area contributed by atoms with Crippen LogP contribution in [-0.4, -0.2) is 18.1 Å². The maximum atomic E-state index is 12.9. The van der Waals surface area contributed by atoms with Crippen LogP contribution in [0.15, 0.2) is 53.7 Å². The molecule has 0 spiro atoms. The van der Waals surface area contributed by atoms with Crippen LogP contribution in [0.1, 0.15) is 11.1 Å². The molecule has 0 amide bonds. The molecular formula is C15H16FN3O. The summed E-state index contributed by atoms with van der Waals surface area (Å²) < 4.78 is 12.9. The third-order valence-corrected chi connectivity index (χ3v) is 3.04. The summed E-state index contributed by atoms with van der Waals surface area (Å²) in [6, 6.07) is 13.8. The highest BCUT2D eigenvalue weighted by Gasteiger charge is 2.04. The number of nitrogens with zero attached hydrogens (tertiary/aromatic N) is 2. The van der Waals surface area contributed by atoms with E-state index in [0.29, 0.717) is 12.1 Å². The van der Waals surface area contributed by atoms with Crippen molar-refractivity contribution in [2.45, 2.75) is 6.54 Å². The summed E-state index contributed by atoms with van der Waals surface area (Å²) in [5, 5.41) is 11.6. The lowest BCUT2D eigenvalue weighted by Gasteiger charge is -2.19. The fraction of sp³-hybridized carbons (Fsp3) is 0.133. The van der Waals surface area contributed by atoms with Gasteiger partial charge in [0.1, 0.15) is 5.82 Å². The number of halogens is 1. The van der Waals surface area contributed by atoms with Gasteiger partial charge in [0.25, 0.3) is 0 Å². The highest BCUT2D eigenvalue weighted by molar-refractivity contribution is 5.96. The first-order valence-corrected chi connectivity index (χ1v) is 6.13. The van der Waals surface area contributed by atoms with Crippen molar-refractivity contribution >= 4 is 11.5 Å². The molecular weight excluding hydrogens is 257 g/mol. The Balaban J connectivity index is 2.08. The number of benzene rings is 2. The second kappa shape index (κ2) is 6.06. The van der Waals surface area contributed by atoms with E-state index in [9.17, 15) is 4.39 Å². The van der Waals surface area contributed by atoms with E-state index in [1.54, 1.807) is 24.3 Å². The maximum Gasteiger partial charge on any atom is 0.170 e. The van der Waals surface area contributed by atoms with Gasteiger partial charge in [-0.05, 0) is 29.8 Å². The number of amidine groups is 1. The Kier molecular flexibility index (Phi) is 4.20. The highest BCUT2D eigenvalue weighted by atomic mass is 19.1. The van der Waals surface area contributed by atoms with Gasteiger partial charge in [-0.3, -0.25) is 0 Å². The molecule has 0 fully saturated rings. The monoisotopic (exact) mass is 273 g/mol. The van der Waals surface area contributed by atoms with E-state index in [0.717, 1.165) is 11.3 Å². The predicted molar refractivity (Wildman–Crippen MR) is 77.5 cm³/mol. The van der Waals surface area contributed by atoms with Gasteiger partial charge in [0.15, 0.2) is 5.84 Å². The molecule has 0 saturated heterocycles. The molecule has 0 aliphatic carbocycles. The molecule has 0 aliphatic rings. The van der Waals surface area contributed by atoms with Crippen LogP contribution >= 0.6 is 0 Å². The standard InChI is InChI=1S/C15H16FN3O/c1-19(14-8-6-13(16)7-9-14)10-11-2-4-12(5-3-11)15(17)18-20/h2-9,20H,10H2,1H3,(H2,17,18). The second-order valence-corrected chi connectivity index (χ2v) is 4.51. The van der Waals surface area contributed by atoms with Crippen LogP contribution < -0.4 is 10.6 Å². The van der Waals surface area contributed by atoms with Crippen molar-refractivity contribution in [2.24, 2.45) is 10.9 Å². The lowest BCUT2D eigenvalue weighted by Crippen LogP contribution is -2.17. The lowest BCUT2D eigenvalue weighted by atomic mass is 10.1. The van der Waals surface area contributed by atoms with Crippen LogP contribution in [0.4, 0.5) is 10.1 Å². The van der Waals surface area contributed by atoms with Crippen molar-refractivity contribution in [1.29, 1.82) is 0 Å².